The zero-order valence-corrected chi connectivity index (χ0v) is 10.7. The number of aliphatic hydroxyl groups is 1. The number of carbonyl (C=O) groups excluding carboxylic acids is 1. The molecule has 1 N–H and O–H groups in total. The molecule has 2 rings (SSSR count). The third kappa shape index (κ3) is 1.87. The Bertz CT molecular complexity index is 411. The van der Waals surface area contributed by atoms with Gasteiger partial charge in [0.1, 0.15) is 0 Å². The van der Waals surface area contributed by atoms with Gasteiger partial charge in [-0.3, -0.25) is 4.79 Å². The fourth-order valence-electron chi connectivity index (χ4n) is 2.28. The lowest BCUT2D eigenvalue weighted by atomic mass is 10.0. The minimum Gasteiger partial charge on any atom is -0.391 e. The lowest BCUT2D eigenvalue weighted by Crippen LogP contribution is -2.42. The Labute approximate surface area is 99.7 Å². The second kappa shape index (κ2) is 3.86. The maximum atomic E-state index is 12.3. The molecule has 1 saturated heterocycles. The number of aryl methyl sites for hydroxylation is 1. The first-order valence-corrected chi connectivity index (χ1v) is 6.34. The molecule has 1 aromatic heterocycles. The number of rotatable bonds is 1. The Kier molecular flexibility index (Phi) is 2.80. The van der Waals surface area contributed by atoms with Crippen LogP contribution in [0.5, 0.6) is 0 Å². The predicted molar refractivity (Wildman–Crippen MR) is 64.8 cm³/mol. The van der Waals surface area contributed by atoms with Gasteiger partial charge < -0.3 is 10.0 Å². The topological polar surface area (TPSA) is 40.5 Å². The van der Waals surface area contributed by atoms with Crippen molar-refractivity contribution in [2.24, 2.45) is 0 Å². The number of hydrogen-bond donors (Lipinski definition) is 1. The van der Waals surface area contributed by atoms with E-state index in [1.165, 1.54) is 11.3 Å². The van der Waals surface area contributed by atoms with Crippen LogP contribution in [0.25, 0.3) is 0 Å². The van der Waals surface area contributed by atoms with Crippen molar-refractivity contribution in [3.8, 4) is 0 Å². The van der Waals surface area contributed by atoms with Crippen molar-refractivity contribution in [2.75, 3.05) is 6.54 Å². The number of thiophene rings is 1. The molecule has 3 nitrogen and oxygen atoms in total. The van der Waals surface area contributed by atoms with Crippen LogP contribution in [0.2, 0.25) is 0 Å². The highest BCUT2D eigenvalue weighted by atomic mass is 32.1. The van der Waals surface area contributed by atoms with Gasteiger partial charge in [-0.2, -0.15) is 0 Å². The van der Waals surface area contributed by atoms with Gasteiger partial charge in [0.25, 0.3) is 5.91 Å². The third-order valence-electron chi connectivity index (χ3n) is 3.16. The fourth-order valence-corrected chi connectivity index (χ4v) is 3.15. The Balaban J connectivity index is 2.26. The van der Waals surface area contributed by atoms with Gasteiger partial charge in [0.05, 0.1) is 11.0 Å². The molecule has 1 fully saturated rings. The van der Waals surface area contributed by atoms with E-state index in [4.69, 9.17) is 0 Å². The maximum Gasteiger partial charge on any atom is 0.264 e. The predicted octanol–water partition coefficient (Wildman–Crippen LogP) is 2.04. The zero-order chi connectivity index (χ0) is 11.9. The summed E-state index contributed by atoms with van der Waals surface area (Å²) in [5, 5.41) is 11.6. The molecule has 88 valence electrons. The number of carbonyl (C=O) groups is 1. The van der Waals surface area contributed by atoms with E-state index in [-0.39, 0.29) is 17.6 Å². The quantitative estimate of drug-likeness (QED) is 0.814. The third-order valence-corrected chi connectivity index (χ3v) is 4.17. The van der Waals surface area contributed by atoms with Crippen molar-refractivity contribution in [1.29, 1.82) is 0 Å². The molecule has 0 radical (unpaired) electrons. The monoisotopic (exact) mass is 239 g/mol. The molecule has 0 saturated carbocycles. The van der Waals surface area contributed by atoms with Gasteiger partial charge in [-0.25, -0.2) is 0 Å². The van der Waals surface area contributed by atoms with Crippen molar-refractivity contribution in [3.63, 3.8) is 0 Å². The van der Waals surface area contributed by atoms with Crippen molar-refractivity contribution in [1.82, 2.24) is 4.90 Å². The average molecular weight is 239 g/mol. The highest BCUT2D eigenvalue weighted by Gasteiger charge is 2.41. The largest absolute Gasteiger partial charge is 0.391 e. The molecule has 1 amide bonds. The molecule has 1 aliphatic heterocycles. The summed E-state index contributed by atoms with van der Waals surface area (Å²) in [5.74, 6) is 0.0500. The maximum absolute atomic E-state index is 12.3. The first-order chi connectivity index (χ1) is 7.42. The van der Waals surface area contributed by atoms with Gasteiger partial charge in [0.2, 0.25) is 0 Å². The van der Waals surface area contributed by atoms with Gasteiger partial charge >= 0.3 is 0 Å². The highest BCUT2D eigenvalue weighted by molar-refractivity contribution is 7.12. The Hall–Kier alpha value is -0.870. The van der Waals surface area contributed by atoms with Gasteiger partial charge in [0.15, 0.2) is 0 Å². The summed E-state index contributed by atoms with van der Waals surface area (Å²) in [4.78, 5) is 14.9. The smallest absolute Gasteiger partial charge is 0.264 e. The van der Waals surface area contributed by atoms with Crippen molar-refractivity contribution in [2.45, 2.75) is 38.8 Å². The molecule has 4 heteroatoms. The van der Waals surface area contributed by atoms with Crippen LogP contribution in [-0.4, -0.2) is 34.1 Å². The van der Waals surface area contributed by atoms with E-state index in [0.717, 1.165) is 10.4 Å². The van der Waals surface area contributed by atoms with Crippen LogP contribution >= 0.6 is 11.3 Å². The minimum absolute atomic E-state index is 0.0500. The lowest BCUT2D eigenvalue weighted by molar-refractivity contribution is 0.0645. The summed E-state index contributed by atoms with van der Waals surface area (Å²) in [7, 11) is 0. The van der Waals surface area contributed by atoms with Crippen LogP contribution in [-0.2, 0) is 0 Å². The van der Waals surface area contributed by atoms with E-state index < -0.39 is 0 Å². The molecule has 1 atom stereocenters. The highest BCUT2D eigenvalue weighted by Crippen LogP contribution is 2.31. The number of aliphatic hydroxyl groups excluding tert-OH is 1. The molecule has 0 aromatic carbocycles. The van der Waals surface area contributed by atoms with E-state index in [0.29, 0.717) is 13.0 Å². The number of amides is 1. The van der Waals surface area contributed by atoms with E-state index in [9.17, 15) is 9.90 Å². The number of nitrogens with zero attached hydrogens (tertiary/aromatic N) is 1. The summed E-state index contributed by atoms with van der Waals surface area (Å²) >= 11 is 1.47. The van der Waals surface area contributed by atoms with Crippen LogP contribution in [0.1, 0.15) is 35.5 Å². The van der Waals surface area contributed by atoms with Crippen molar-refractivity contribution < 1.29 is 9.90 Å². The van der Waals surface area contributed by atoms with Gasteiger partial charge in [0, 0.05) is 12.1 Å². The molecular formula is C12H17NO2S. The number of likely N-dealkylation sites (tertiary alicyclic amines) is 1. The summed E-state index contributed by atoms with van der Waals surface area (Å²) < 4.78 is 0. The van der Waals surface area contributed by atoms with Gasteiger partial charge in [-0.15, -0.1) is 11.3 Å². The Morgan fingerprint density at radius 1 is 1.62 bits per heavy atom. The second-order valence-corrected chi connectivity index (χ2v) is 5.93. The van der Waals surface area contributed by atoms with Crippen LogP contribution in [0.15, 0.2) is 11.4 Å². The molecule has 1 aromatic rings. The normalized spacial score (nSPS) is 23.8. The summed E-state index contributed by atoms with van der Waals surface area (Å²) in [6.45, 7) is 6.40. The summed E-state index contributed by atoms with van der Waals surface area (Å²) in [6, 6.07) is 1.96. The van der Waals surface area contributed by atoms with E-state index in [1.54, 1.807) is 4.90 Å². The standard InChI is InChI=1S/C12H17NO2S/c1-8-4-5-16-10(8)11(15)13-7-9(14)6-12(13,2)3/h4-5,9,14H,6-7H2,1-3H3. The first-order valence-electron chi connectivity index (χ1n) is 5.46. The van der Waals surface area contributed by atoms with Crippen LogP contribution in [0.4, 0.5) is 0 Å². The van der Waals surface area contributed by atoms with Gasteiger partial charge in [-0.05, 0) is 44.2 Å². The van der Waals surface area contributed by atoms with Gasteiger partial charge in [-0.1, -0.05) is 0 Å². The number of hydrogen-bond acceptors (Lipinski definition) is 3. The lowest BCUT2D eigenvalue weighted by Gasteiger charge is -2.31. The summed E-state index contributed by atoms with van der Waals surface area (Å²) in [6.07, 6.45) is 0.266. The van der Waals surface area contributed by atoms with Crippen LogP contribution < -0.4 is 0 Å². The fraction of sp³-hybridized carbons (Fsp3) is 0.583. The number of β-amino-alcohol motifs (C(OH)–C–C–N with tert-alkyl or cyclic N) is 1. The molecule has 1 unspecified atom stereocenters. The molecule has 0 aliphatic carbocycles. The van der Waals surface area contributed by atoms with E-state index in [1.807, 2.05) is 32.2 Å². The SMILES string of the molecule is Cc1ccsc1C(=O)N1CC(O)CC1(C)C. The Morgan fingerprint density at radius 2 is 2.31 bits per heavy atom. The summed E-state index contributed by atoms with van der Waals surface area (Å²) in [5.41, 5.74) is 0.777. The van der Waals surface area contributed by atoms with E-state index in [2.05, 4.69) is 0 Å². The molecule has 0 spiro atoms. The average Bonchev–Trinajstić information content (AvgIpc) is 2.68. The first kappa shape index (κ1) is 11.6. The molecule has 1 aliphatic rings. The second-order valence-electron chi connectivity index (χ2n) is 5.02. The minimum atomic E-state index is -0.390. The molecule has 16 heavy (non-hydrogen) atoms. The zero-order valence-electron chi connectivity index (χ0n) is 9.86. The molecular weight excluding hydrogens is 222 g/mol. The molecule has 2 heterocycles. The van der Waals surface area contributed by atoms with Crippen molar-refractivity contribution in [3.05, 3.63) is 21.9 Å². The van der Waals surface area contributed by atoms with Crippen molar-refractivity contribution >= 4 is 17.2 Å². The van der Waals surface area contributed by atoms with Crippen LogP contribution in [0.3, 0.4) is 0 Å². The molecule has 0 bridgehead atoms. The van der Waals surface area contributed by atoms with Crippen LogP contribution in [0, 0.1) is 6.92 Å². The van der Waals surface area contributed by atoms with E-state index >= 15 is 0 Å². The Morgan fingerprint density at radius 3 is 2.75 bits per heavy atom.